The molecule has 0 saturated carbocycles. The Hall–Kier alpha value is -2.34. The van der Waals surface area contributed by atoms with Crippen LogP contribution in [0.3, 0.4) is 0 Å². The first-order valence-electron chi connectivity index (χ1n) is 9.00. The molecule has 0 atom stereocenters. The lowest BCUT2D eigenvalue weighted by atomic mass is 9.97. The van der Waals surface area contributed by atoms with Crippen molar-refractivity contribution in [1.82, 2.24) is 14.5 Å². The minimum atomic E-state index is -0.178. The summed E-state index contributed by atoms with van der Waals surface area (Å²) in [5.74, 6) is 1.52. The first-order valence-corrected chi connectivity index (χ1v) is 9.00. The largest absolute Gasteiger partial charge is 0.497 e. The number of aromatic nitrogens is 2. The molecule has 0 unspecified atom stereocenters. The van der Waals surface area contributed by atoms with Gasteiger partial charge in [0.25, 0.3) is 0 Å². The summed E-state index contributed by atoms with van der Waals surface area (Å²) in [5, 5.41) is 3.33. The maximum absolute atomic E-state index is 12.4. The van der Waals surface area contributed by atoms with E-state index in [4.69, 9.17) is 4.74 Å². The summed E-state index contributed by atoms with van der Waals surface area (Å²) in [6, 6.07) is 8.03. The number of methoxy groups -OCH3 is 1. The molecular formula is C19H24N4O2. The fraction of sp³-hybridized carbons (Fsp3) is 0.474. The van der Waals surface area contributed by atoms with Gasteiger partial charge in [-0.25, -0.2) is 4.79 Å². The highest BCUT2D eigenvalue weighted by Gasteiger charge is 2.19. The average molecular weight is 340 g/mol. The number of nitrogens with zero attached hydrogens (tertiary/aromatic N) is 3. The van der Waals surface area contributed by atoms with Crippen LogP contribution in [-0.2, 0) is 13.0 Å². The lowest BCUT2D eigenvalue weighted by Crippen LogP contribution is -2.30. The number of hydrogen-bond acceptors (Lipinski definition) is 5. The van der Waals surface area contributed by atoms with Crippen molar-refractivity contribution in [2.24, 2.45) is 0 Å². The standard InChI is InChI=1S/C19H24N4O2/c1-25-15-4-5-16-14(12-15)6-10-23-17(16)13-18(21-19(23)24)20-7-11-22-8-2-3-9-22/h4-5,12-13H,2-3,6-11H2,1H3,(H,20,21,24). The van der Waals surface area contributed by atoms with E-state index in [1.807, 2.05) is 18.2 Å². The molecule has 1 saturated heterocycles. The highest BCUT2D eigenvalue weighted by Crippen LogP contribution is 2.31. The summed E-state index contributed by atoms with van der Waals surface area (Å²) in [6.07, 6.45) is 3.40. The summed E-state index contributed by atoms with van der Waals surface area (Å²) in [4.78, 5) is 19.1. The maximum atomic E-state index is 12.4. The van der Waals surface area contributed by atoms with Crippen molar-refractivity contribution < 1.29 is 4.74 Å². The molecule has 0 spiro atoms. The Morgan fingerprint density at radius 1 is 1.20 bits per heavy atom. The SMILES string of the molecule is COc1ccc2c(c1)CCn1c-2cc(NCCN2CCCC2)nc1=O. The van der Waals surface area contributed by atoms with Crippen molar-refractivity contribution in [3.05, 3.63) is 40.3 Å². The zero-order valence-electron chi connectivity index (χ0n) is 14.6. The van der Waals surface area contributed by atoms with Gasteiger partial charge in [0.05, 0.1) is 12.8 Å². The molecule has 4 rings (SSSR count). The van der Waals surface area contributed by atoms with Crippen LogP contribution in [0, 0.1) is 0 Å². The normalized spacial score (nSPS) is 16.4. The third-order valence-electron chi connectivity index (χ3n) is 5.14. The molecule has 1 aromatic carbocycles. The van der Waals surface area contributed by atoms with Crippen LogP contribution in [0.2, 0.25) is 0 Å². The summed E-state index contributed by atoms with van der Waals surface area (Å²) < 4.78 is 7.08. The first kappa shape index (κ1) is 16.1. The Bertz CT molecular complexity index is 825. The summed E-state index contributed by atoms with van der Waals surface area (Å²) >= 11 is 0. The number of hydrogen-bond donors (Lipinski definition) is 1. The van der Waals surface area contributed by atoms with Gasteiger partial charge < -0.3 is 15.0 Å². The van der Waals surface area contributed by atoms with Gasteiger partial charge in [0.2, 0.25) is 0 Å². The summed E-state index contributed by atoms with van der Waals surface area (Å²) in [7, 11) is 1.68. The third-order valence-corrected chi connectivity index (χ3v) is 5.14. The predicted octanol–water partition coefficient (Wildman–Crippen LogP) is 1.98. The Kier molecular flexibility index (Phi) is 4.44. The molecule has 1 N–H and O–H groups in total. The molecule has 0 radical (unpaired) electrons. The molecule has 1 fully saturated rings. The molecule has 0 amide bonds. The van der Waals surface area contributed by atoms with Gasteiger partial charge in [-0.3, -0.25) is 4.57 Å². The molecular weight excluding hydrogens is 316 g/mol. The molecule has 6 nitrogen and oxygen atoms in total. The fourth-order valence-corrected chi connectivity index (χ4v) is 3.77. The van der Waals surface area contributed by atoms with Crippen molar-refractivity contribution in [3.63, 3.8) is 0 Å². The Morgan fingerprint density at radius 3 is 2.84 bits per heavy atom. The summed E-state index contributed by atoms with van der Waals surface area (Å²) in [5.41, 5.74) is 3.07. The Morgan fingerprint density at radius 2 is 2.04 bits per heavy atom. The van der Waals surface area contributed by atoms with Gasteiger partial charge in [0.1, 0.15) is 11.6 Å². The second kappa shape index (κ2) is 6.88. The molecule has 2 aliphatic heterocycles. The second-order valence-electron chi connectivity index (χ2n) is 6.71. The van der Waals surface area contributed by atoms with E-state index in [2.05, 4.69) is 21.3 Å². The van der Waals surface area contributed by atoms with E-state index in [1.54, 1.807) is 11.7 Å². The number of ether oxygens (including phenoxy) is 1. The monoisotopic (exact) mass is 340 g/mol. The van der Waals surface area contributed by atoms with Crippen molar-refractivity contribution >= 4 is 5.82 Å². The lowest BCUT2D eigenvalue weighted by Gasteiger charge is -2.22. The Labute approximate surface area is 147 Å². The van der Waals surface area contributed by atoms with Gasteiger partial charge in [-0.2, -0.15) is 4.98 Å². The number of fused-ring (bicyclic) bond motifs is 3. The van der Waals surface area contributed by atoms with Crippen LogP contribution >= 0.6 is 0 Å². The molecule has 2 aliphatic rings. The number of benzene rings is 1. The zero-order valence-corrected chi connectivity index (χ0v) is 14.6. The lowest BCUT2D eigenvalue weighted by molar-refractivity contribution is 0.352. The van der Waals surface area contributed by atoms with Crippen molar-refractivity contribution in [1.29, 1.82) is 0 Å². The van der Waals surface area contributed by atoms with Crippen molar-refractivity contribution in [2.75, 3.05) is 38.6 Å². The molecule has 132 valence electrons. The molecule has 6 heteroatoms. The minimum absolute atomic E-state index is 0.178. The highest BCUT2D eigenvalue weighted by molar-refractivity contribution is 5.69. The highest BCUT2D eigenvalue weighted by atomic mass is 16.5. The van der Waals surface area contributed by atoms with E-state index in [9.17, 15) is 4.79 Å². The van der Waals surface area contributed by atoms with Crippen LogP contribution in [0.4, 0.5) is 5.82 Å². The van der Waals surface area contributed by atoms with E-state index >= 15 is 0 Å². The van der Waals surface area contributed by atoms with E-state index in [0.717, 1.165) is 36.5 Å². The van der Waals surface area contributed by atoms with Gasteiger partial charge in [-0.05, 0) is 56.1 Å². The van der Waals surface area contributed by atoms with Crippen LogP contribution in [0.25, 0.3) is 11.3 Å². The minimum Gasteiger partial charge on any atom is -0.497 e. The average Bonchev–Trinajstić information content (AvgIpc) is 3.14. The number of rotatable bonds is 5. The van der Waals surface area contributed by atoms with Gasteiger partial charge in [-0.15, -0.1) is 0 Å². The van der Waals surface area contributed by atoms with E-state index < -0.39 is 0 Å². The quantitative estimate of drug-likeness (QED) is 0.902. The van der Waals surface area contributed by atoms with Crippen LogP contribution in [-0.4, -0.2) is 47.7 Å². The first-order chi connectivity index (χ1) is 12.2. The summed E-state index contributed by atoms with van der Waals surface area (Å²) in [6.45, 7) is 4.82. The number of nitrogens with one attached hydrogen (secondary N) is 1. The molecule has 0 bridgehead atoms. The number of aryl methyl sites for hydroxylation is 1. The predicted molar refractivity (Wildman–Crippen MR) is 98.4 cm³/mol. The molecule has 2 aromatic rings. The molecule has 3 heterocycles. The van der Waals surface area contributed by atoms with E-state index in [0.29, 0.717) is 12.4 Å². The molecule has 0 aliphatic carbocycles. The third kappa shape index (κ3) is 3.26. The van der Waals surface area contributed by atoms with Crippen LogP contribution in [0.5, 0.6) is 5.75 Å². The van der Waals surface area contributed by atoms with Gasteiger partial charge >= 0.3 is 5.69 Å². The van der Waals surface area contributed by atoms with Crippen molar-refractivity contribution in [3.8, 4) is 17.0 Å². The molecule has 25 heavy (non-hydrogen) atoms. The smallest absolute Gasteiger partial charge is 0.349 e. The second-order valence-corrected chi connectivity index (χ2v) is 6.71. The number of anilines is 1. The van der Waals surface area contributed by atoms with Crippen LogP contribution in [0.1, 0.15) is 18.4 Å². The van der Waals surface area contributed by atoms with Crippen LogP contribution in [0.15, 0.2) is 29.1 Å². The maximum Gasteiger partial charge on any atom is 0.349 e. The van der Waals surface area contributed by atoms with Crippen LogP contribution < -0.4 is 15.7 Å². The van der Waals surface area contributed by atoms with Gasteiger partial charge in [-0.1, -0.05) is 0 Å². The number of likely N-dealkylation sites (tertiary alicyclic amines) is 1. The van der Waals surface area contributed by atoms with Crippen molar-refractivity contribution in [2.45, 2.75) is 25.8 Å². The fourth-order valence-electron chi connectivity index (χ4n) is 3.77. The topological polar surface area (TPSA) is 59.4 Å². The Balaban J connectivity index is 1.57. The molecule has 1 aromatic heterocycles. The van der Waals surface area contributed by atoms with E-state index in [-0.39, 0.29) is 5.69 Å². The van der Waals surface area contributed by atoms with E-state index in [1.165, 1.54) is 31.5 Å². The van der Waals surface area contributed by atoms with Gasteiger partial charge in [0.15, 0.2) is 0 Å². The zero-order chi connectivity index (χ0) is 17.2. The van der Waals surface area contributed by atoms with Gasteiger partial charge in [0, 0.05) is 31.3 Å².